The van der Waals surface area contributed by atoms with Crippen LogP contribution < -0.4 is 10.6 Å². The van der Waals surface area contributed by atoms with E-state index in [0.29, 0.717) is 28.3 Å². The molecule has 1 amide bonds. The third-order valence-electron chi connectivity index (χ3n) is 4.47. The van der Waals surface area contributed by atoms with Crippen LogP contribution in [0.15, 0.2) is 79.4 Å². The molecule has 8 heteroatoms. The van der Waals surface area contributed by atoms with Gasteiger partial charge in [-0.05, 0) is 23.8 Å². The SMILES string of the molecule is O=C(Nc1cncc(F)c1-c1ccccc1)c1ccnc(Nc2ccc(CF)cn2)c1. The number of nitrogens with zero attached hydrogens (tertiary/aromatic N) is 3. The van der Waals surface area contributed by atoms with Gasteiger partial charge in [-0.3, -0.25) is 9.78 Å². The lowest BCUT2D eigenvalue weighted by Crippen LogP contribution is -2.14. The first-order valence-corrected chi connectivity index (χ1v) is 9.38. The van der Waals surface area contributed by atoms with Crippen molar-refractivity contribution in [1.82, 2.24) is 15.0 Å². The predicted molar refractivity (Wildman–Crippen MR) is 114 cm³/mol. The molecule has 3 heterocycles. The average molecular weight is 417 g/mol. The van der Waals surface area contributed by atoms with Crippen molar-refractivity contribution in [3.05, 3.63) is 96.3 Å². The minimum absolute atomic E-state index is 0.256. The highest BCUT2D eigenvalue weighted by molar-refractivity contribution is 6.06. The summed E-state index contributed by atoms with van der Waals surface area (Å²) in [6, 6.07) is 15.2. The van der Waals surface area contributed by atoms with Crippen molar-refractivity contribution in [3.63, 3.8) is 0 Å². The number of anilines is 3. The Kier molecular flexibility index (Phi) is 5.89. The van der Waals surface area contributed by atoms with E-state index in [1.807, 2.05) is 6.07 Å². The van der Waals surface area contributed by atoms with Crippen molar-refractivity contribution < 1.29 is 13.6 Å². The molecule has 4 rings (SSSR count). The van der Waals surface area contributed by atoms with Crippen molar-refractivity contribution >= 4 is 23.2 Å². The van der Waals surface area contributed by atoms with E-state index >= 15 is 0 Å². The first-order valence-electron chi connectivity index (χ1n) is 9.38. The quantitative estimate of drug-likeness (QED) is 0.454. The molecule has 0 atom stereocenters. The van der Waals surface area contributed by atoms with Gasteiger partial charge in [-0.2, -0.15) is 0 Å². The lowest BCUT2D eigenvalue weighted by Gasteiger charge is -2.12. The first-order chi connectivity index (χ1) is 15.1. The molecule has 0 aliphatic carbocycles. The summed E-state index contributed by atoms with van der Waals surface area (Å²) < 4.78 is 27.1. The lowest BCUT2D eigenvalue weighted by atomic mass is 10.0. The number of pyridine rings is 3. The summed E-state index contributed by atoms with van der Waals surface area (Å²) in [6.07, 6.45) is 5.39. The largest absolute Gasteiger partial charge is 0.325 e. The topological polar surface area (TPSA) is 79.8 Å². The molecule has 0 unspecified atom stereocenters. The summed E-state index contributed by atoms with van der Waals surface area (Å²) >= 11 is 0. The number of rotatable bonds is 6. The number of carbonyl (C=O) groups is 1. The molecule has 2 N–H and O–H groups in total. The number of benzene rings is 1. The van der Waals surface area contributed by atoms with Gasteiger partial charge in [0.25, 0.3) is 5.91 Å². The van der Waals surface area contributed by atoms with Crippen molar-refractivity contribution in [3.8, 4) is 11.1 Å². The summed E-state index contributed by atoms with van der Waals surface area (Å²) in [7, 11) is 0. The number of alkyl halides is 1. The van der Waals surface area contributed by atoms with E-state index in [9.17, 15) is 13.6 Å². The van der Waals surface area contributed by atoms with Crippen molar-refractivity contribution in [1.29, 1.82) is 0 Å². The maximum atomic E-state index is 14.5. The average Bonchev–Trinajstić information content (AvgIpc) is 2.80. The molecular weight excluding hydrogens is 400 g/mol. The molecule has 154 valence electrons. The van der Waals surface area contributed by atoms with Crippen molar-refractivity contribution in [2.75, 3.05) is 10.6 Å². The number of amides is 1. The summed E-state index contributed by atoms with van der Waals surface area (Å²) in [5.74, 6) is -0.142. The zero-order valence-corrected chi connectivity index (χ0v) is 16.2. The molecule has 0 fully saturated rings. The zero-order chi connectivity index (χ0) is 21.6. The molecule has 0 aliphatic rings. The summed E-state index contributed by atoms with van der Waals surface area (Å²) in [5, 5.41) is 5.68. The Balaban J connectivity index is 1.56. The van der Waals surface area contributed by atoms with Crippen LogP contribution in [0.5, 0.6) is 0 Å². The van der Waals surface area contributed by atoms with Gasteiger partial charge in [0.2, 0.25) is 0 Å². The van der Waals surface area contributed by atoms with Crippen molar-refractivity contribution in [2.24, 2.45) is 0 Å². The van der Waals surface area contributed by atoms with Gasteiger partial charge in [0.05, 0.1) is 18.1 Å². The Morgan fingerprint density at radius 1 is 0.935 bits per heavy atom. The van der Waals surface area contributed by atoms with E-state index in [1.54, 1.807) is 36.4 Å². The number of carbonyl (C=O) groups excluding carboxylic acids is 1. The monoisotopic (exact) mass is 417 g/mol. The Hall–Kier alpha value is -4.20. The van der Waals surface area contributed by atoms with E-state index in [0.717, 1.165) is 6.20 Å². The second-order valence-corrected chi connectivity index (χ2v) is 6.60. The summed E-state index contributed by atoms with van der Waals surface area (Å²) in [5.41, 5.74) is 1.91. The highest BCUT2D eigenvalue weighted by Gasteiger charge is 2.15. The molecule has 0 saturated heterocycles. The van der Waals surface area contributed by atoms with Gasteiger partial charge in [0.15, 0.2) is 5.82 Å². The Bertz CT molecular complexity index is 1200. The highest BCUT2D eigenvalue weighted by atomic mass is 19.1. The standard InChI is InChI=1S/C23H17F2N5O/c24-11-15-6-7-20(28-12-15)30-21-10-17(8-9-27-21)23(31)29-19-14-26-13-18(25)22(19)16-4-2-1-3-5-16/h1-10,12-14H,11H2,(H,29,31)(H,27,28,30). The predicted octanol–water partition coefficient (Wildman–Crippen LogP) is 5.14. The molecule has 3 aromatic heterocycles. The fourth-order valence-corrected chi connectivity index (χ4v) is 2.97. The normalized spacial score (nSPS) is 10.5. The molecule has 0 bridgehead atoms. The van der Waals surface area contributed by atoms with E-state index in [4.69, 9.17) is 0 Å². The molecule has 4 aromatic rings. The van der Waals surface area contributed by atoms with Gasteiger partial charge in [0.1, 0.15) is 18.3 Å². The number of halogens is 2. The van der Waals surface area contributed by atoms with E-state index in [2.05, 4.69) is 25.6 Å². The fourth-order valence-electron chi connectivity index (χ4n) is 2.97. The minimum atomic E-state index is -0.596. The van der Waals surface area contributed by atoms with Crippen LogP contribution in [-0.2, 0) is 6.67 Å². The Morgan fingerprint density at radius 2 is 1.77 bits per heavy atom. The number of nitrogens with one attached hydrogen (secondary N) is 2. The van der Waals surface area contributed by atoms with Crippen LogP contribution >= 0.6 is 0 Å². The number of hydrogen-bond acceptors (Lipinski definition) is 5. The van der Waals surface area contributed by atoms with Gasteiger partial charge < -0.3 is 10.6 Å². The maximum Gasteiger partial charge on any atom is 0.255 e. The van der Waals surface area contributed by atoms with E-state index in [1.165, 1.54) is 30.7 Å². The number of hydrogen-bond donors (Lipinski definition) is 2. The summed E-state index contributed by atoms with van der Waals surface area (Å²) in [4.78, 5) is 24.9. The van der Waals surface area contributed by atoms with Gasteiger partial charge >= 0.3 is 0 Å². The maximum absolute atomic E-state index is 14.5. The second-order valence-electron chi connectivity index (χ2n) is 6.60. The van der Waals surface area contributed by atoms with Gasteiger partial charge in [0, 0.05) is 29.1 Å². The lowest BCUT2D eigenvalue weighted by molar-refractivity contribution is 0.102. The number of aromatic nitrogens is 3. The zero-order valence-electron chi connectivity index (χ0n) is 16.2. The smallest absolute Gasteiger partial charge is 0.255 e. The van der Waals surface area contributed by atoms with Crippen LogP contribution in [0, 0.1) is 5.82 Å². The molecule has 1 aromatic carbocycles. The van der Waals surface area contributed by atoms with Crippen molar-refractivity contribution in [2.45, 2.75) is 6.67 Å². The van der Waals surface area contributed by atoms with Gasteiger partial charge in [-0.15, -0.1) is 0 Å². The van der Waals surface area contributed by atoms with Crippen LogP contribution in [0.4, 0.5) is 26.1 Å². The molecule has 0 saturated carbocycles. The van der Waals surface area contributed by atoms with Gasteiger partial charge in [-0.1, -0.05) is 36.4 Å². The van der Waals surface area contributed by atoms with Crippen LogP contribution in [0.3, 0.4) is 0 Å². The summed E-state index contributed by atoms with van der Waals surface area (Å²) in [6.45, 7) is -0.596. The van der Waals surface area contributed by atoms with E-state index in [-0.39, 0.29) is 11.3 Å². The van der Waals surface area contributed by atoms with Crippen LogP contribution in [0.25, 0.3) is 11.1 Å². The minimum Gasteiger partial charge on any atom is -0.325 e. The molecule has 0 aliphatic heterocycles. The van der Waals surface area contributed by atoms with Crippen LogP contribution in [0.2, 0.25) is 0 Å². The highest BCUT2D eigenvalue weighted by Crippen LogP contribution is 2.30. The third-order valence-corrected chi connectivity index (χ3v) is 4.47. The van der Waals surface area contributed by atoms with Crippen LogP contribution in [-0.4, -0.2) is 20.9 Å². The molecular formula is C23H17F2N5O. The van der Waals surface area contributed by atoms with E-state index < -0.39 is 18.4 Å². The molecule has 6 nitrogen and oxygen atoms in total. The molecule has 0 radical (unpaired) electrons. The van der Waals surface area contributed by atoms with Crippen LogP contribution in [0.1, 0.15) is 15.9 Å². The van der Waals surface area contributed by atoms with Gasteiger partial charge in [-0.25, -0.2) is 18.7 Å². The third kappa shape index (κ3) is 4.69. The Morgan fingerprint density at radius 3 is 2.52 bits per heavy atom. The fraction of sp³-hybridized carbons (Fsp3) is 0.0435. The Labute approximate surface area is 177 Å². The molecule has 31 heavy (non-hydrogen) atoms. The second kappa shape index (κ2) is 9.08. The first kappa shape index (κ1) is 20.1. The molecule has 0 spiro atoms.